The predicted molar refractivity (Wildman–Crippen MR) is 161 cm³/mol. The van der Waals surface area contributed by atoms with E-state index in [0.29, 0.717) is 37.8 Å². The zero-order valence-corrected chi connectivity index (χ0v) is 25.9. The SMILES string of the molecule is COc1ccc(COCC[C@@H](OC2CCCCO2)[C@@H](C)CCC(=O)CC[C@H](C)/C=C/[C@H](C)OC2CCCCO2)cc1. The highest BCUT2D eigenvalue weighted by Crippen LogP contribution is 2.24. The van der Waals surface area contributed by atoms with E-state index in [1.807, 2.05) is 24.3 Å². The Morgan fingerprint density at radius 2 is 1.54 bits per heavy atom. The molecule has 2 aliphatic heterocycles. The largest absolute Gasteiger partial charge is 0.497 e. The van der Waals surface area contributed by atoms with Gasteiger partial charge in [-0.1, -0.05) is 38.1 Å². The topological polar surface area (TPSA) is 72.5 Å². The maximum atomic E-state index is 12.8. The monoisotopic (exact) mass is 574 g/mol. The molecule has 41 heavy (non-hydrogen) atoms. The molecule has 2 aliphatic rings. The van der Waals surface area contributed by atoms with Crippen molar-refractivity contribution in [2.75, 3.05) is 26.9 Å². The number of hydrogen-bond acceptors (Lipinski definition) is 7. The first-order valence-electron chi connectivity index (χ1n) is 15.9. The molecule has 6 atom stereocenters. The van der Waals surface area contributed by atoms with Crippen LogP contribution in [0.4, 0.5) is 0 Å². The number of rotatable bonds is 19. The maximum absolute atomic E-state index is 12.8. The number of methoxy groups -OCH3 is 1. The molecule has 3 rings (SSSR count). The van der Waals surface area contributed by atoms with Gasteiger partial charge in [0.1, 0.15) is 11.5 Å². The number of carbonyl (C=O) groups excluding carboxylic acids is 1. The van der Waals surface area contributed by atoms with Crippen molar-refractivity contribution in [3.05, 3.63) is 42.0 Å². The Balaban J connectivity index is 1.37. The Morgan fingerprint density at radius 3 is 2.17 bits per heavy atom. The summed E-state index contributed by atoms with van der Waals surface area (Å²) in [6.07, 6.45) is 14.1. The van der Waals surface area contributed by atoms with Gasteiger partial charge in [-0.15, -0.1) is 0 Å². The number of hydrogen-bond donors (Lipinski definition) is 0. The summed E-state index contributed by atoms with van der Waals surface area (Å²) in [4.78, 5) is 12.8. The van der Waals surface area contributed by atoms with Crippen molar-refractivity contribution in [2.45, 2.75) is 123 Å². The van der Waals surface area contributed by atoms with E-state index in [0.717, 1.165) is 82.3 Å². The van der Waals surface area contributed by atoms with Gasteiger partial charge in [-0.2, -0.15) is 0 Å². The van der Waals surface area contributed by atoms with E-state index in [-0.39, 0.29) is 30.7 Å². The molecule has 7 heteroatoms. The molecule has 0 spiro atoms. The minimum Gasteiger partial charge on any atom is -0.497 e. The van der Waals surface area contributed by atoms with Crippen LogP contribution < -0.4 is 4.74 Å². The number of benzene rings is 1. The lowest BCUT2D eigenvalue weighted by molar-refractivity contribution is -0.201. The zero-order chi connectivity index (χ0) is 29.3. The van der Waals surface area contributed by atoms with E-state index in [4.69, 9.17) is 28.4 Å². The van der Waals surface area contributed by atoms with Crippen LogP contribution >= 0.6 is 0 Å². The van der Waals surface area contributed by atoms with E-state index in [2.05, 4.69) is 32.9 Å². The molecule has 0 aromatic heterocycles. The summed E-state index contributed by atoms with van der Waals surface area (Å²) in [7, 11) is 1.67. The van der Waals surface area contributed by atoms with Crippen LogP contribution in [0.3, 0.4) is 0 Å². The minimum absolute atomic E-state index is 0.00161. The summed E-state index contributed by atoms with van der Waals surface area (Å²) in [6, 6.07) is 7.94. The van der Waals surface area contributed by atoms with E-state index < -0.39 is 0 Å². The molecule has 232 valence electrons. The number of Topliss-reactive ketones (excluding diaryl/α,β-unsaturated/α-hetero) is 1. The molecule has 2 fully saturated rings. The van der Waals surface area contributed by atoms with Crippen molar-refractivity contribution in [2.24, 2.45) is 11.8 Å². The van der Waals surface area contributed by atoms with Crippen molar-refractivity contribution in [1.82, 2.24) is 0 Å². The molecule has 2 saturated heterocycles. The molecule has 1 aromatic rings. The Kier molecular flexibility index (Phi) is 16.0. The van der Waals surface area contributed by atoms with Crippen molar-refractivity contribution in [3.63, 3.8) is 0 Å². The van der Waals surface area contributed by atoms with Gasteiger partial charge in [0, 0.05) is 32.7 Å². The van der Waals surface area contributed by atoms with Crippen LogP contribution in [0, 0.1) is 11.8 Å². The number of ketones is 1. The average molecular weight is 575 g/mol. The van der Waals surface area contributed by atoms with Crippen molar-refractivity contribution < 1.29 is 33.2 Å². The Bertz CT molecular complexity index is 858. The van der Waals surface area contributed by atoms with Gasteiger partial charge in [0.25, 0.3) is 0 Å². The minimum atomic E-state index is -0.155. The predicted octanol–water partition coefficient (Wildman–Crippen LogP) is 7.40. The van der Waals surface area contributed by atoms with Crippen molar-refractivity contribution >= 4 is 5.78 Å². The second-order valence-corrected chi connectivity index (χ2v) is 11.8. The molecule has 1 aromatic carbocycles. The van der Waals surface area contributed by atoms with Gasteiger partial charge in [-0.25, -0.2) is 0 Å². The van der Waals surface area contributed by atoms with Crippen LogP contribution in [0.15, 0.2) is 36.4 Å². The average Bonchev–Trinajstić information content (AvgIpc) is 3.00. The van der Waals surface area contributed by atoms with Gasteiger partial charge in [0.2, 0.25) is 0 Å². The summed E-state index contributed by atoms with van der Waals surface area (Å²) in [6.45, 7) is 9.09. The first kappa shape index (κ1) is 33.7. The molecule has 0 saturated carbocycles. The summed E-state index contributed by atoms with van der Waals surface area (Å²) < 4.78 is 35.1. The Hall–Kier alpha value is -1.77. The van der Waals surface area contributed by atoms with Crippen LogP contribution in [0.5, 0.6) is 5.75 Å². The number of allylic oxidation sites excluding steroid dienone is 1. The molecule has 0 N–H and O–H groups in total. The fourth-order valence-electron chi connectivity index (χ4n) is 5.25. The lowest BCUT2D eigenvalue weighted by Gasteiger charge is -2.31. The van der Waals surface area contributed by atoms with Gasteiger partial charge in [-0.05, 0) is 94.2 Å². The maximum Gasteiger partial charge on any atom is 0.158 e. The van der Waals surface area contributed by atoms with Crippen molar-refractivity contribution in [1.29, 1.82) is 0 Å². The molecule has 2 unspecified atom stereocenters. The van der Waals surface area contributed by atoms with Gasteiger partial charge in [0.15, 0.2) is 12.6 Å². The third-order valence-corrected chi connectivity index (χ3v) is 8.05. The second kappa shape index (κ2) is 19.4. The highest BCUT2D eigenvalue weighted by Gasteiger charge is 2.25. The molecule has 0 radical (unpaired) electrons. The summed E-state index contributed by atoms with van der Waals surface area (Å²) in [5.41, 5.74) is 1.11. The molecule has 0 aliphatic carbocycles. The lowest BCUT2D eigenvalue weighted by Crippen LogP contribution is -2.32. The molecule has 2 heterocycles. The molecule has 7 nitrogen and oxygen atoms in total. The van der Waals surface area contributed by atoms with E-state index >= 15 is 0 Å². The summed E-state index contributed by atoms with van der Waals surface area (Å²) in [5, 5.41) is 0. The number of carbonyl (C=O) groups is 1. The summed E-state index contributed by atoms with van der Waals surface area (Å²) in [5.74, 6) is 1.73. The third kappa shape index (κ3) is 13.8. The molecule has 0 bridgehead atoms. The van der Waals surface area contributed by atoms with E-state index in [1.165, 1.54) is 0 Å². The van der Waals surface area contributed by atoms with Crippen molar-refractivity contribution in [3.8, 4) is 5.75 Å². The van der Waals surface area contributed by atoms with E-state index in [1.54, 1.807) is 7.11 Å². The van der Waals surface area contributed by atoms with Crippen LogP contribution in [0.1, 0.15) is 97.0 Å². The normalized spacial score (nSPS) is 22.7. The highest BCUT2D eigenvalue weighted by molar-refractivity contribution is 5.78. The first-order valence-corrected chi connectivity index (χ1v) is 15.9. The van der Waals surface area contributed by atoms with Gasteiger partial charge >= 0.3 is 0 Å². The third-order valence-electron chi connectivity index (χ3n) is 8.05. The van der Waals surface area contributed by atoms with E-state index in [9.17, 15) is 4.79 Å². The fraction of sp³-hybridized carbons (Fsp3) is 0.735. The van der Waals surface area contributed by atoms with Gasteiger partial charge < -0.3 is 28.4 Å². The Labute approximate surface area is 248 Å². The molecular formula is C34H54O7. The van der Waals surface area contributed by atoms with Crippen LogP contribution in [-0.4, -0.2) is 57.5 Å². The summed E-state index contributed by atoms with van der Waals surface area (Å²) >= 11 is 0. The zero-order valence-electron chi connectivity index (χ0n) is 25.9. The van der Waals surface area contributed by atoms with Crippen LogP contribution in [0.25, 0.3) is 0 Å². The fourth-order valence-corrected chi connectivity index (χ4v) is 5.25. The van der Waals surface area contributed by atoms with Gasteiger partial charge in [-0.3, -0.25) is 4.79 Å². The lowest BCUT2D eigenvalue weighted by atomic mass is 9.93. The molecular weight excluding hydrogens is 520 g/mol. The highest BCUT2D eigenvalue weighted by atomic mass is 16.7. The van der Waals surface area contributed by atoms with Gasteiger partial charge in [0.05, 0.1) is 25.9 Å². The molecule has 0 amide bonds. The van der Waals surface area contributed by atoms with Crippen LogP contribution in [0.2, 0.25) is 0 Å². The van der Waals surface area contributed by atoms with Crippen LogP contribution in [-0.2, 0) is 35.1 Å². The Morgan fingerprint density at radius 1 is 0.878 bits per heavy atom. The number of ether oxygens (including phenoxy) is 6. The quantitative estimate of drug-likeness (QED) is 0.126. The standard InChI is InChI=1S/C34H54O7/c1-26(11-14-28(3)40-33-9-5-7-22-38-33)12-17-30(35)18-13-27(2)32(41-34-10-6-8-23-39-34)21-24-37-25-29-15-19-31(36-4)20-16-29/h11,14-16,19-20,26-28,32-34H,5-10,12-13,17-18,21-25H2,1-4H3/b14-11+/t26-,27+,28+,32-,33?,34?/m1/s1. The first-order chi connectivity index (χ1) is 19.9. The smallest absolute Gasteiger partial charge is 0.158 e. The second-order valence-electron chi connectivity index (χ2n) is 11.8.